The summed E-state index contributed by atoms with van der Waals surface area (Å²) in [5.74, 6) is -0.381. The van der Waals surface area contributed by atoms with Gasteiger partial charge in [0.05, 0.1) is 19.1 Å². The fraction of sp³-hybridized carbons (Fsp3) is 0.188. The Hall–Kier alpha value is -1.88. The molecule has 4 nitrogen and oxygen atoms in total. The van der Waals surface area contributed by atoms with E-state index in [1.807, 2.05) is 30.3 Å². The van der Waals surface area contributed by atoms with Crippen molar-refractivity contribution in [1.82, 2.24) is 5.48 Å². The van der Waals surface area contributed by atoms with E-state index in [2.05, 4.69) is 5.48 Å². The van der Waals surface area contributed by atoms with Gasteiger partial charge in [0.25, 0.3) is 0 Å². The highest BCUT2D eigenvalue weighted by Crippen LogP contribution is 2.18. The summed E-state index contributed by atoms with van der Waals surface area (Å²) < 4.78 is 0. The topological polar surface area (TPSA) is 58.6 Å². The lowest BCUT2D eigenvalue weighted by Crippen LogP contribution is -2.25. The van der Waals surface area contributed by atoms with Crippen LogP contribution in [-0.4, -0.2) is 11.0 Å². The molecular weight excluding hydrogens is 290 g/mol. The minimum Gasteiger partial charge on any atom is -0.388 e. The largest absolute Gasteiger partial charge is 0.388 e. The molecule has 0 saturated heterocycles. The predicted octanol–water partition coefficient (Wildman–Crippen LogP) is 3.01. The average molecular weight is 306 g/mol. The lowest BCUT2D eigenvalue weighted by molar-refractivity contribution is -0.136. The van der Waals surface area contributed by atoms with Gasteiger partial charge in [-0.3, -0.25) is 9.63 Å². The molecule has 1 atom stereocenters. The summed E-state index contributed by atoms with van der Waals surface area (Å²) in [4.78, 5) is 16.8. The van der Waals surface area contributed by atoms with E-state index in [4.69, 9.17) is 16.4 Å². The summed E-state index contributed by atoms with van der Waals surface area (Å²) in [6, 6.07) is 16.2. The number of hydrogen-bond donors (Lipinski definition) is 2. The second kappa shape index (κ2) is 7.78. The molecule has 0 aliphatic rings. The molecule has 5 heteroatoms. The van der Waals surface area contributed by atoms with Crippen LogP contribution >= 0.6 is 11.6 Å². The maximum Gasteiger partial charge on any atom is 0.246 e. The van der Waals surface area contributed by atoms with Gasteiger partial charge in [-0.05, 0) is 23.3 Å². The number of aliphatic hydroxyl groups is 1. The fourth-order valence-corrected chi connectivity index (χ4v) is 1.92. The first-order valence-corrected chi connectivity index (χ1v) is 6.91. The highest BCUT2D eigenvalue weighted by Gasteiger charge is 2.13. The van der Waals surface area contributed by atoms with Crippen molar-refractivity contribution in [3.63, 3.8) is 0 Å². The average Bonchev–Trinajstić information content (AvgIpc) is 2.49. The van der Waals surface area contributed by atoms with Gasteiger partial charge < -0.3 is 5.11 Å². The van der Waals surface area contributed by atoms with Crippen LogP contribution in [0.5, 0.6) is 0 Å². The van der Waals surface area contributed by atoms with Gasteiger partial charge in [0.15, 0.2) is 0 Å². The van der Waals surface area contributed by atoms with E-state index >= 15 is 0 Å². The Balaban J connectivity index is 1.75. The predicted molar refractivity (Wildman–Crippen MR) is 80.4 cm³/mol. The summed E-state index contributed by atoms with van der Waals surface area (Å²) in [5, 5.41) is 10.5. The van der Waals surface area contributed by atoms with Gasteiger partial charge >= 0.3 is 0 Å². The second-order valence-corrected chi connectivity index (χ2v) is 5.01. The van der Waals surface area contributed by atoms with E-state index in [0.717, 1.165) is 5.56 Å². The molecule has 0 aromatic heterocycles. The fourth-order valence-electron chi connectivity index (χ4n) is 1.79. The highest BCUT2D eigenvalue weighted by atomic mass is 35.5. The van der Waals surface area contributed by atoms with Crippen molar-refractivity contribution in [2.45, 2.75) is 19.1 Å². The summed E-state index contributed by atoms with van der Waals surface area (Å²) in [6.07, 6.45) is -0.959. The molecule has 2 rings (SSSR count). The van der Waals surface area contributed by atoms with Crippen LogP contribution in [0.4, 0.5) is 0 Å². The van der Waals surface area contributed by atoms with Crippen molar-refractivity contribution in [1.29, 1.82) is 0 Å². The van der Waals surface area contributed by atoms with Crippen LogP contribution in [0.3, 0.4) is 0 Å². The molecule has 0 aliphatic heterocycles. The van der Waals surface area contributed by atoms with Gasteiger partial charge in [0.1, 0.15) is 0 Å². The molecule has 0 fully saturated rings. The molecule has 2 N–H and O–H groups in total. The molecule has 0 heterocycles. The Morgan fingerprint density at radius 2 is 1.81 bits per heavy atom. The van der Waals surface area contributed by atoms with Crippen LogP contribution in [-0.2, 0) is 16.2 Å². The van der Waals surface area contributed by atoms with Gasteiger partial charge in [-0.2, -0.15) is 0 Å². The highest BCUT2D eigenvalue weighted by molar-refractivity contribution is 6.30. The smallest absolute Gasteiger partial charge is 0.246 e. The first-order valence-electron chi connectivity index (χ1n) is 6.53. The van der Waals surface area contributed by atoms with Crippen molar-refractivity contribution in [2.24, 2.45) is 0 Å². The maximum absolute atomic E-state index is 11.7. The zero-order valence-corrected chi connectivity index (χ0v) is 12.1. The molecular formula is C16H16ClNO3. The third-order valence-electron chi connectivity index (χ3n) is 2.90. The molecule has 0 aliphatic carbocycles. The van der Waals surface area contributed by atoms with Gasteiger partial charge in [0, 0.05) is 5.02 Å². The van der Waals surface area contributed by atoms with E-state index < -0.39 is 6.10 Å². The molecule has 0 bridgehead atoms. The number of rotatable bonds is 6. The van der Waals surface area contributed by atoms with E-state index in [0.29, 0.717) is 10.6 Å². The number of carbonyl (C=O) groups excluding carboxylic acids is 1. The number of benzene rings is 2. The molecule has 0 saturated carbocycles. The molecule has 2 aromatic carbocycles. The van der Waals surface area contributed by atoms with Crippen molar-refractivity contribution in [3.8, 4) is 0 Å². The lowest BCUT2D eigenvalue weighted by atomic mass is 10.1. The number of aliphatic hydroxyl groups excluding tert-OH is 1. The molecule has 0 radical (unpaired) electrons. The zero-order valence-electron chi connectivity index (χ0n) is 11.3. The van der Waals surface area contributed by atoms with Crippen molar-refractivity contribution in [2.75, 3.05) is 0 Å². The van der Waals surface area contributed by atoms with Crippen molar-refractivity contribution >= 4 is 17.5 Å². The molecule has 2 aromatic rings. The number of hydroxylamine groups is 1. The minimum atomic E-state index is -0.886. The van der Waals surface area contributed by atoms with Crippen LogP contribution < -0.4 is 5.48 Å². The second-order valence-electron chi connectivity index (χ2n) is 4.57. The third-order valence-corrected chi connectivity index (χ3v) is 3.15. The van der Waals surface area contributed by atoms with Gasteiger partial charge in [0.2, 0.25) is 5.91 Å². The Morgan fingerprint density at radius 1 is 1.14 bits per heavy atom. The van der Waals surface area contributed by atoms with Crippen molar-refractivity contribution < 1.29 is 14.7 Å². The minimum absolute atomic E-state index is 0.0730. The number of carbonyl (C=O) groups is 1. The molecule has 110 valence electrons. The van der Waals surface area contributed by atoms with E-state index in [9.17, 15) is 9.90 Å². The molecule has 0 spiro atoms. The monoisotopic (exact) mass is 305 g/mol. The van der Waals surface area contributed by atoms with Crippen LogP contribution in [0.15, 0.2) is 54.6 Å². The number of halogens is 1. The van der Waals surface area contributed by atoms with Gasteiger partial charge in [-0.25, -0.2) is 5.48 Å². The normalized spacial score (nSPS) is 11.9. The molecule has 1 amide bonds. The standard InChI is InChI=1S/C16H16ClNO3/c17-14-8-6-13(7-9-14)15(19)10-16(20)18-21-11-12-4-2-1-3-5-12/h1-9,15,19H,10-11H2,(H,18,20). The SMILES string of the molecule is O=C(CC(O)c1ccc(Cl)cc1)NOCc1ccccc1. The van der Waals surface area contributed by atoms with Crippen LogP contribution in [0.25, 0.3) is 0 Å². The Labute approximate surface area is 128 Å². The van der Waals surface area contributed by atoms with Gasteiger partial charge in [-0.1, -0.05) is 54.1 Å². The van der Waals surface area contributed by atoms with Crippen molar-refractivity contribution in [3.05, 3.63) is 70.7 Å². The Bertz CT molecular complexity index is 572. The molecule has 1 unspecified atom stereocenters. The first-order chi connectivity index (χ1) is 10.1. The number of hydrogen-bond acceptors (Lipinski definition) is 3. The van der Waals surface area contributed by atoms with E-state index in [1.54, 1.807) is 24.3 Å². The maximum atomic E-state index is 11.7. The van der Waals surface area contributed by atoms with Crippen LogP contribution in [0.2, 0.25) is 5.02 Å². The van der Waals surface area contributed by atoms with Gasteiger partial charge in [-0.15, -0.1) is 0 Å². The Morgan fingerprint density at radius 3 is 2.48 bits per heavy atom. The van der Waals surface area contributed by atoms with Crippen LogP contribution in [0, 0.1) is 0 Å². The number of amides is 1. The van der Waals surface area contributed by atoms with Crippen LogP contribution in [0.1, 0.15) is 23.7 Å². The quantitative estimate of drug-likeness (QED) is 0.807. The summed E-state index contributed by atoms with van der Waals surface area (Å²) in [5.41, 5.74) is 3.91. The summed E-state index contributed by atoms with van der Waals surface area (Å²) in [6.45, 7) is 0.281. The number of nitrogens with one attached hydrogen (secondary N) is 1. The zero-order chi connectivity index (χ0) is 15.1. The lowest BCUT2D eigenvalue weighted by Gasteiger charge is -2.11. The molecule has 21 heavy (non-hydrogen) atoms. The van der Waals surface area contributed by atoms with E-state index in [-0.39, 0.29) is 18.9 Å². The van der Waals surface area contributed by atoms with E-state index in [1.165, 1.54) is 0 Å². The first kappa shape index (κ1) is 15.5. The summed E-state index contributed by atoms with van der Waals surface area (Å²) >= 11 is 5.77. The summed E-state index contributed by atoms with van der Waals surface area (Å²) in [7, 11) is 0. The Kier molecular flexibility index (Phi) is 5.75. The third kappa shape index (κ3) is 5.19.